The van der Waals surface area contributed by atoms with Crippen molar-refractivity contribution in [2.75, 3.05) is 18.8 Å². The number of rotatable bonds is 4. The summed E-state index contributed by atoms with van der Waals surface area (Å²) in [5, 5.41) is 13.3. The summed E-state index contributed by atoms with van der Waals surface area (Å²) in [6.07, 6.45) is 7.41. The van der Waals surface area contributed by atoms with E-state index in [0.29, 0.717) is 45.9 Å². The van der Waals surface area contributed by atoms with Gasteiger partial charge in [0, 0.05) is 37.3 Å². The van der Waals surface area contributed by atoms with Crippen molar-refractivity contribution in [3.05, 3.63) is 30.0 Å². The Morgan fingerprint density at radius 3 is 2.41 bits per heavy atom. The molecule has 4 aromatic rings. The Morgan fingerprint density at radius 2 is 1.78 bits per heavy atom. The van der Waals surface area contributed by atoms with Crippen molar-refractivity contribution in [1.29, 1.82) is 0 Å². The van der Waals surface area contributed by atoms with Gasteiger partial charge < -0.3 is 15.6 Å². The van der Waals surface area contributed by atoms with E-state index in [4.69, 9.17) is 25.3 Å². The van der Waals surface area contributed by atoms with E-state index >= 15 is 0 Å². The van der Waals surface area contributed by atoms with E-state index in [1.807, 2.05) is 17.1 Å². The van der Waals surface area contributed by atoms with Crippen LogP contribution in [0, 0.1) is 0 Å². The SMILES string of the molecule is CC(C)(C)n1nc(-c2noc(C3CC3)c2-c2ncc(C3CNC3)cn2)c2c(N)ncnc21. The normalized spacial score (nSPS) is 17.1. The number of nitrogens with zero attached hydrogens (tertiary/aromatic N) is 7. The Labute approximate surface area is 184 Å². The van der Waals surface area contributed by atoms with Crippen molar-refractivity contribution in [2.45, 2.75) is 51.0 Å². The van der Waals surface area contributed by atoms with E-state index in [2.05, 4.69) is 41.2 Å². The molecule has 1 aliphatic heterocycles. The lowest BCUT2D eigenvalue weighted by Crippen LogP contribution is -2.39. The number of nitrogens with two attached hydrogens (primary N) is 1. The Morgan fingerprint density at radius 1 is 1.03 bits per heavy atom. The minimum atomic E-state index is -0.310. The van der Waals surface area contributed by atoms with Crippen LogP contribution in [0.15, 0.2) is 23.2 Å². The predicted octanol–water partition coefficient (Wildman–Crippen LogP) is 2.84. The maximum Gasteiger partial charge on any atom is 0.165 e. The van der Waals surface area contributed by atoms with Crippen LogP contribution in [0.5, 0.6) is 0 Å². The molecule has 32 heavy (non-hydrogen) atoms. The summed E-state index contributed by atoms with van der Waals surface area (Å²) in [7, 11) is 0. The number of fused-ring (bicyclic) bond motifs is 1. The van der Waals surface area contributed by atoms with Crippen LogP contribution < -0.4 is 11.1 Å². The molecule has 0 amide bonds. The molecule has 3 N–H and O–H groups in total. The molecular formula is C22H25N9O. The van der Waals surface area contributed by atoms with Crippen molar-refractivity contribution in [2.24, 2.45) is 0 Å². The van der Waals surface area contributed by atoms with Crippen LogP contribution in [0.3, 0.4) is 0 Å². The molecule has 2 fully saturated rings. The van der Waals surface area contributed by atoms with Gasteiger partial charge in [0.1, 0.15) is 23.5 Å². The number of anilines is 1. The average molecular weight is 432 g/mol. The Bertz CT molecular complexity index is 1310. The van der Waals surface area contributed by atoms with E-state index < -0.39 is 0 Å². The minimum absolute atomic E-state index is 0.310. The zero-order valence-corrected chi connectivity index (χ0v) is 18.3. The van der Waals surface area contributed by atoms with E-state index in [-0.39, 0.29) is 5.54 Å². The van der Waals surface area contributed by atoms with Gasteiger partial charge in [-0.25, -0.2) is 24.6 Å². The molecule has 0 spiro atoms. The van der Waals surface area contributed by atoms with Crippen LogP contribution in [0.2, 0.25) is 0 Å². The van der Waals surface area contributed by atoms with Gasteiger partial charge in [-0.3, -0.25) is 0 Å². The van der Waals surface area contributed by atoms with Gasteiger partial charge in [0.05, 0.1) is 16.5 Å². The van der Waals surface area contributed by atoms with Crippen molar-refractivity contribution in [3.63, 3.8) is 0 Å². The van der Waals surface area contributed by atoms with Gasteiger partial charge in [-0.15, -0.1) is 0 Å². The largest absolute Gasteiger partial charge is 0.383 e. The molecule has 2 aliphatic rings. The smallest absolute Gasteiger partial charge is 0.165 e. The molecule has 1 aliphatic carbocycles. The lowest BCUT2D eigenvalue weighted by molar-refractivity contribution is 0.365. The monoisotopic (exact) mass is 431 g/mol. The lowest BCUT2D eigenvalue weighted by Gasteiger charge is -2.26. The van der Waals surface area contributed by atoms with Gasteiger partial charge in [-0.05, 0) is 39.2 Å². The minimum Gasteiger partial charge on any atom is -0.383 e. The Balaban J connectivity index is 1.56. The van der Waals surface area contributed by atoms with Crippen LogP contribution in [-0.2, 0) is 5.54 Å². The Kier molecular flexibility index (Phi) is 4.10. The summed E-state index contributed by atoms with van der Waals surface area (Å²) in [6.45, 7) is 8.13. The number of hydrogen-bond acceptors (Lipinski definition) is 9. The molecule has 6 rings (SSSR count). The van der Waals surface area contributed by atoms with Gasteiger partial charge in [0.25, 0.3) is 0 Å². The van der Waals surface area contributed by atoms with Gasteiger partial charge >= 0.3 is 0 Å². The maximum absolute atomic E-state index is 6.29. The molecular weight excluding hydrogens is 406 g/mol. The molecule has 1 saturated carbocycles. The third kappa shape index (κ3) is 2.97. The van der Waals surface area contributed by atoms with Gasteiger partial charge in [-0.1, -0.05) is 5.16 Å². The number of hydrogen-bond donors (Lipinski definition) is 2. The first-order valence-electron chi connectivity index (χ1n) is 10.9. The van der Waals surface area contributed by atoms with Crippen molar-refractivity contribution in [3.8, 4) is 22.8 Å². The first-order valence-corrected chi connectivity index (χ1v) is 10.9. The predicted molar refractivity (Wildman–Crippen MR) is 119 cm³/mol. The standard InChI is InChI=1S/C22H25N9O/c1-22(2,3)31-21-15(19(23)27-10-28-21)16(29-31)17-14(18(32-30-17)11-4-5-11)20-25-8-13(9-26-20)12-6-24-7-12/h8-12,24H,4-7H2,1-3H3,(H2,23,27,28). The molecule has 0 atom stereocenters. The zero-order chi connectivity index (χ0) is 22.0. The molecule has 10 heteroatoms. The number of nitrogen functional groups attached to an aromatic ring is 1. The molecule has 0 radical (unpaired) electrons. The van der Waals surface area contributed by atoms with Crippen molar-refractivity contribution < 1.29 is 4.52 Å². The molecule has 0 bridgehead atoms. The van der Waals surface area contributed by atoms with Crippen molar-refractivity contribution in [1.82, 2.24) is 40.2 Å². The topological polar surface area (TPSA) is 133 Å². The van der Waals surface area contributed by atoms with E-state index in [1.54, 1.807) is 0 Å². The fourth-order valence-electron chi connectivity index (χ4n) is 4.12. The molecule has 0 aromatic carbocycles. The van der Waals surface area contributed by atoms with Crippen LogP contribution in [0.25, 0.3) is 33.8 Å². The fourth-order valence-corrected chi connectivity index (χ4v) is 4.12. The lowest BCUT2D eigenvalue weighted by atomic mass is 9.96. The molecule has 5 heterocycles. The summed E-state index contributed by atoms with van der Waals surface area (Å²) >= 11 is 0. The van der Waals surface area contributed by atoms with E-state index in [0.717, 1.165) is 42.8 Å². The summed E-state index contributed by atoms with van der Waals surface area (Å²) in [5.41, 5.74) is 9.75. The molecule has 4 aromatic heterocycles. The third-order valence-electron chi connectivity index (χ3n) is 6.17. The van der Waals surface area contributed by atoms with Gasteiger partial charge in [0.15, 0.2) is 17.2 Å². The molecule has 10 nitrogen and oxygen atoms in total. The molecule has 0 unspecified atom stereocenters. The summed E-state index contributed by atoms with van der Waals surface area (Å²) in [6, 6.07) is 0. The zero-order valence-electron chi connectivity index (χ0n) is 18.3. The second-order valence-electron chi connectivity index (χ2n) is 9.63. The fraction of sp³-hybridized carbons (Fsp3) is 0.455. The maximum atomic E-state index is 6.29. The first-order chi connectivity index (χ1) is 15.4. The van der Waals surface area contributed by atoms with Gasteiger partial charge in [0.2, 0.25) is 0 Å². The highest BCUT2D eigenvalue weighted by atomic mass is 16.5. The third-order valence-corrected chi connectivity index (χ3v) is 6.17. The summed E-state index contributed by atoms with van der Waals surface area (Å²) < 4.78 is 7.71. The van der Waals surface area contributed by atoms with Crippen LogP contribution in [0.4, 0.5) is 5.82 Å². The highest BCUT2D eigenvalue weighted by Crippen LogP contribution is 2.48. The highest BCUT2D eigenvalue weighted by molar-refractivity contribution is 6.00. The van der Waals surface area contributed by atoms with Crippen LogP contribution in [0.1, 0.15) is 56.8 Å². The number of nitrogens with one attached hydrogen (secondary N) is 1. The average Bonchev–Trinajstić information content (AvgIpc) is 3.33. The van der Waals surface area contributed by atoms with Gasteiger partial charge in [-0.2, -0.15) is 5.10 Å². The Hall–Kier alpha value is -3.40. The summed E-state index contributed by atoms with van der Waals surface area (Å²) in [4.78, 5) is 18.1. The number of aromatic nitrogens is 7. The van der Waals surface area contributed by atoms with Crippen molar-refractivity contribution >= 4 is 16.9 Å². The van der Waals surface area contributed by atoms with Crippen LogP contribution >= 0.6 is 0 Å². The quantitative estimate of drug-likeness (QED) is 0.500. The highest BCUT2D eigenvalue weighted by Gasteiger charge is 2.36. The van der Waals surface area contributed by atoms with Crippen LogP contribution in [-0.4, -0.2) is 48.0 Å². The first kappa shape index (κ1) is 19.3. The second-order valence-corrected chi connectivity index (χ2v) is 9.63. The molecule has 1 saturated heterocycles. The summed E-state index contributed by atoms with van der Waals surface area (Å²) in [5.74, 6) is 2.56. The van der Waals surface area contributed by atoms with E-state index in [1.165, 1.54) is 6.33 Å². The van der Waals surface area contributed by atoms with E-state index in [9.17, 15) is 0 Å². The second kappa shape index (κ2) is 6.80. The molecule has 164 valence electrons.